The molecule has 1 heterocycles. The van der Waals surface area contributed by atoms with Gasteiger partial charge >= 0.3 is 5.63 Å². The third kappa shape index (κ3) is 3.48. The number of nitrogens with one attached hydrogen (secondary N) is 1. The first-order valence-corrected chi connectivity index (χ1v) is 8.18. The molecule has 0 bridgehead atoms. The van der Waals surface area contributed by atoms with Gasteiger partial charge < -0.3 is 19.2 Å². The number of para-hydroxylation sites is 1. The Balaban J connectivity index is 1.99. The van der Waals surface area contributed by atoms with Crippen molar-refractivity contribution in [1.82, 2.24) is 0 Å². The summed E-state index contributed by atoms with van der Waals surface area (Å²) in [5, 5.41) is 3.09. The van der Waals surface area contributed by atoms with Crippen LogP contribution in [0.1, 0.15) is 11.1 Å². The molecule has 2 aromatic carbocycles. The predicted octanol–water partition coefficient (Wildman–Crippen LogP) is 3.44. The van der Waals surface area contributed by atoms with E-state index in [9.17, 15) is 14.0 Å². The summed E-state index contributed by atoms with van der Waals surface area (Å²) in [5.41, 5.74) is 0.430. The van der Waals surface area contributed by atoms with E-state index in [1.165, 1.54) is 32.4 Å². The third-order valence-corrected chi connectivity index (χ3v) is 4.28. The third-order valence-electron chi connectivity index (χ3n) is 4.28. The molecule has 0 unspecified atom stereocenters. The van der Waals surface area contributed by atoms with E-state index < -0.39 is 17.3 Å². The molecule has 0 radical (unpaired) electrons. The van der Waals surface area contributed by atoms with Crippen LogP contribution in [-0.2, 0) is 11.2 Å². The highest BCUT2D eigenvalue weighted by molar-refractivity contribution is 5.94. The fourth-order valence-electron chi connectivity index (χ4n) is 2.89. The van der Waals surface area contributed by atoms with E-state index in [1.807, 2.05) is 0 Å². The van der Waals surface area contributed by atoms with Gasteiger partial charge in [0.25, 0.3) is 0 Å². The largest absolute Gasteiger partial charge is 0.493 e. The van der Waals surface area contributed by atoms with Gasteiger partial charge in [-0.05, 0) is 36.8 Å². The van der Waals surface area contributed by atoms with Gasteiger partial charge in [-0.2, -0.15) is 0 Å². The molecule has 0 aliphatic heterocycles. The van der Waals surface area contributed by atoms with E-state index in [4.69, 9.17) is 13.9 Å². The van der Waals surface area contributed by atoms with Crippen molar-refractivity contribution in [3.8, 4) is 11.5 Å². The van der Waals surface area contributed by atoms with Gasteiger partial charge in [-0.3, -0.25) is 4.79 Å². The lowest BCUT2D eigenvalue weighted by molar-refractivity contribution is -0.115. The number of hydrogen-bond acceptors (Lipinski definition) is 5. The second kappa shape index (κ2) is 7.49. The molecule has 3 aromatic rings. The number of benzene rings is 2. The maximum Gasteiger partial charge on any atom is 0.340 e. The highest BCUT2D eigenvalue weighted by Gasteiger charge is 2.19. The molecule has 140 valence electrons. The Morgan fingerprint density at radius 1 is 1.15 bits per heavy atom. The minimum absolute atomic E-state index is 0.0525. The van der Waals surface area contributed by atoms with Gasteiger partial charge in [-0.15, -0.1) is 0 Å². The van der Waals surface area contributed by atoms with Gasteiger partial charge in [0.1, 0.15) is 5.82 Å². The molecule has 0 spiro atoms. The molecule has 0 aliphatic carbocycles. The van der Waals surface area contributed by atoms with Crippen molar-refractivity contribution in [3.05, 3.63) is 63.8 Å². The number of carbonyl (C=O) groups excluding carboxylic acids is 1. The summed E-state index contributed by atoms with van der Waals surface area (Å²) in [7, 11) is 2.93. The number of rotatable bonds is 5. The molecule has 1 N–H and O–H groups in total. The molecule has 0 saturated carbocycles. The van der Waals surface area contributed by atoms with Crippen LogP contribution in [0.2, 0.25) is 0 Å². The van der Waals surface area contributed by atoms with E-state index in [2.05, 4.69) is 5.32 Å². The van der Waals surface area contributed by atoms with Crippen LogP contribution in [-0.4, -0.2) is 20.1 Å². The Morgan fingerprint density at radius 3 is 2.56 bits per heavy atom. The quantitative estimate of drug-likeness (QED) is 0.695. The molecular weight excluding hydrogens is 353 g/mol. The zero-order valence-corrected chi connectivity index (χ0v) is 15.1. The van der Waals surface area contributed by atoms with Crippen LogP contribution < -0.4 is 20.4 Å². The smallest absolute Gasteiger partial charge is 0.340 e. The zero-order valence-electron chi connectivity index (χ0n) is 15.1. The van der Waals surface area contributed by atoms with Crippen LogP contribution in [0, 0.1) is 12.7 Å². The maximum absolute atomic E-state index is 13.7. The van der Waals surface area contributed by atoms with Crippen molar-refractivity contribution >= 4 is 22.6 Å². The summed E-state index contributed by atoms with van der Waals surface area (Å²) in [6.45, 7) is 1.72. The Bertz CT molecular complexity index is 1070. The zero-order chi connectivity index (χ0) is 19.6. The fourth-order valence-corrected chi connectivity index (χ4v) is 2.89. The average Bonchev–Trinajstić information content (AvgIpc) is 2.66. The first-order valence-electron chi connectivity index (χ1n) is 8.18. The SMILES string of the molecule is COc1ccc2c(C)c(CC(=O)Nc3ccccc3F)c(=O)oc2c1OC. The summed E-state index contributed by atoms with van der Waals surface area (Å²) in [6, 6.07) is 9.23. The topological polar surface area (TPSA) is 77.8 Å². The monoisotopic (exact) mass is 371 g/mol. The lowest BCUT2D eigenvalue weighted by Crippen LogP contribution is -2.21. The van der Waals surface area contributed by atoms with Gasteiger partial charge in [0.15, 0.2) is 11.3 Å². The van der Waals surface area contributed by atoms with Gasteiger partial charge in [0, 0.05) is 5.39 Å². The van der Waals surface area contributed by atoms with Crippen LogP contribution >= 0.6 is 0 Å². The summed E-state index contributed by atoms with van der Waals surface area (Å²) >= 11 is 0. The minimum atomic E-state index is -0.657. The first-order chi connectivity index (χ1) is 13.0. The van der Waals surface area contributed by atoms with Crippen LogP contribution in [0.15, 0.2) is 45.6 Å². The van der Waals surface area contributed by atoms with Crippen molar-refractivity contribution in [2.75, 3.05) is 19.5 Å². The molecule has 0 saturated heterocycles. The highest BCUT2D eigenvalue weighted by Crippen LogP contribution is 2.36. The minimum Gasteiger partial charge on any atom is -0.493 e. The van der Waals surface area contributed by atoms with Gasteiger partial charge in [0.2, 0.25) is 11.7 Å². The number of methoxy groups -OCH3 is 2. The molecule has 6 nitrogen and oxygen atoms in total. The van der Waals surface area contributed by atoms with Crippen LogP contribution in [0.3, 0.4) is 0 Å². The number of carbonyl (C=O) groups is 1. The number of anilines is 1. The van der Waals surface area contributed by atoms with E-state index in [0.29, 0.717) is 22.4 Å². The summed E-state index contributed by atoms with van der Waals surface area (Å²) < 4.78 is 29.6. The molecule has 0 atom stereocenters. The molecule has 0 aliphatic rings. The number of amides is 1. The normalized spacial score (nSPS) is 10.7. The number of fused-ring (bicyclic) bond motifs is 1. The average molecular weight is 371 g/mol. The van der Waals surface area contributed by atoms with Crippen LogP contribution in [0.4, 0.5) is 10.1 Å². The number of aryl methyl sites for hydroxylation is 1. The Hall–Kier alpha value is -3.35. The van der Waals surface area contributed by atoms with Crippen molar-refractivity contribution < 1.29 is 23.1 Å². The predicted molar refractivity (Wildman–Crippen MR) is 99.1 cm³/mol. The Labute approximate surface area is 154 Å². The number of ether oxygens (including phenoxy) is 2. The summed E-state index contributed by atoms with van der Waals surface area (Å²) in [6.07, 6.45) is -0.243. The summed E-state index contributed by atoms with van der Waals surface area (Å²) in [5.74, 6) is -0.338. The van der Waals surface area contributed by atoms with Crippen molar-refractivity contribution in [2.45, 2.75) is 13.3 Å². The lowest BCUT2D eigenvalue weighted by Gasteiger charge is -2.13. The van der Waals surface area contributed by atoms with Gasteiger partial charge in [-0.1, -0.05) is 12.1 Å². The molecule has 1 aromatic heterocycles. The highest BCUT2D eigenvalue weighted by atomic mass is 19.1. The standard InChI is InChI=1S/C20H18FNO5/c1-11-12-8-9-16(25-2)19(26-3)18(12)27-20(24)13(11)10-17(23)22-15-7-5-4-6-14(15)21/h4-9H,10H2,1-3H3,(H,22,23). The second-order valence-electron chi connectivity index (χ2n) is 5.88. The van der Waals surface area contributed by atoms with Crippen molar-refractivity contribution in [3.63, 3.8) is 0 Å². The van der Waals surface area contributed by atoms with E-state index in [0.717, 1.165) is 0 Å². The maximum atomic E-state index is 13.7. The van der Waals surface area contributed by atoms with Crippen molar-refractivity contribution in [1.29, 1.82) is 0 Å². The van der Waals surface area contributed by atoms with Crippen molar-refractivity contribution in [2.24, 2.45) is 0 Å². The van der Waals surface area contributed by atoms with Crippen LogP contribution in [0.5, 0.6) is 11.5 Å². The molecule has 3 rings (SSSR count). The van der Waals surface area contributed by atoms with E-state index in [-0.39, 0.29) is 23.3 Å². The molecule has 27 heavy (non-hydrogen) atoms. The second-order valence-corrected chi connectivity index (χ2v) is 5.88. The number of halogens is 1. The molecule has 0 fully saturated rings. The lowest BCUT2D eigenvalue weighted by atomic mass is 10.0. The first kappa shape index (κ1) is 18.4. The molecule has 7 heteroatoms. The van der Waals surface area contributed by atoms with Gasteiger partial charge in [-0.25, -0.2) is 9.18 Å². The molecular formula is C20H18FNO5. The Kier molecular flexibility index (Phi) is 5.12. The van der Waals surface area contributed by atoms with Gasteiger partial charge in [0.05, 0.1) is 31.9 Å². The summed E-state index contributed by atoms with van der Waals surface area (Å²) in [4.78, 5) is 24.8. The van der Waals surface area contributed by atoms with E-state index >= 15 is 0 Å². The molecule has 1 amide bonds. The Morgan fingerprint density at radius 2 is 1.89 bits per heavy atom. The fraction of sp³-hybridized carbons (Fsp3) is 0.200. The van der Waals surface area contributed by atoms with Crippen LogP contribution in [0.25, 0.3) is 11.0 Å². The van der Waals surface area contributed by atoms with E-state index in [1.54, 1.807) is 25.1 Å². The number of hydrogen-bond donors (Lipinski definition) is 1.